The van der Waals surface area contributed by atoms with E-state index in [4.69, 9.17) is 11.6 Å². The molecule has 3 aromatic rings. The number of rotatable bonds is 1. The summed E-state index contributed by atoms with van der Waals surface area (Å²) in [7, 11) is 3.93. The van der Waals surface area contributed by atoms with Crippen LogP contribution in [0.15, 0.2) is 24.4 Å². The van der Waals surface area contributed by atoms with Gasteiger partial charge >= 0.3 is 0 Å². The second kappa shape index (κ2) is 3.60. The maximum absolute atomic E-state index is 5.87. The van der Waals surface area contributed by atoms with Gasteiger partial charge in [-0.15, -0.1) is 0 Å². The Morgan fingerprint density at radius 2 is 2.06 bits per heavy atom. The third kappa shape index (κ3) is 1.61. The molecule has 0 radical (unpaired) electrons. The smallest absolute Gasteiger partial charge is 0.140 e. The van der Waals surface area contributed by atoms with Crippen LogP contribution in [-0.4, -0.2) is 29.0 Å². The van der Waals surface area contributed by atoms with Crippen molar-refractivity contribution in [1.29, 1.82) is 0 Å². The minimum atomic E-state index is 0.491. The lowest BCUT2D eigenvalue weighted by Crippen LogP contribution is -2.09. The topological polar surface area (TPSA) is 44.8 Å². The van der Waals surface area contributed by atoms with Gasteiger partial charge in [-0.2, -0.15) is 0 Å². The molecule has 0 aromatic carbocycles. The number of nitrogens with one attached hydrogen (secondary N) is 1. The van der Waals surface area contributed by atoms with E-state index in [1.54, 1.807) is 6.07 Å². The number of H-pyrrole nitrogens is 1. The summed E-state index contributed by atoms with van der Waals surface area (Å²) in [5, 5.41) is 2.60. The first-order chi connectivity index (χ1) is 8.15. The molecule has 0 unspecified atom stereocenters. The van der Waals surface area contributed by atoms with Crippen LogP contribution in [0.25, 0.3) is 21.9 Å². The normalized spacial score (nSPS) is 11.2. The summed E-state index contributed by atoms with van der Waals surface area (Å²) in [5.74, 6) is 0.912. The van der Waals surface area contributed by atoms with Crippen molar-refractivity contribution in [2.45, 2.75) is 0 Å². The molecule has 4 nitrogen and oxygen atoms in total. The number of fused-ring (bicyclic) bond motifs is 3. The quantitative estimate of drug-likeness (QED) is 0.672. The van der Waals surface area contributed by atoms with E-state index in [2.05, 4.69) is 15.0 Å². The van der Waals surface area contributed by atoms with Crippen LogP contribution in [0.2, 0.25) is 5.15 Å². The molecule has 0 bridgehead atoms. The number of anilines is 1. The second-order valence-electron chi connectivity index (χ2n) is 4.14. The van der Waals surface area contributed by atoms with Crippen LogP contribution in [0.5, 0.6) is 0 Å². The first-order valence-corrected chi connectivity index (χ1v) is 5.64. The van der Waals surface area contributed by atoms with Gasteiger partial charge in [-0.25, -0.2) is 9.97 Å². The molecule has 0 amide bonds. The molecule has 0 saturated carbocycles. The minimum absolute atomic E-state index is 0.491. The Balaban J connectivity index is 2.35. The monoisotopic (exact) mass is 246 g/mol. The Labute approximate surface area is 103 Å². The fraction of sp³-hybridized carbons (Fsp3) is 0.167. The molecule has 5 heteroatoms. The van der Waals surface area contributed by atoms with Crippen LogP contribution in [0.1, 0.15) is 0 Å². The van der Waals surface area contributed by atoms with Gasteiger partial charge in [0, 0.05) is 37.1 Å². The first-order valence-electron chi connectivity index (χ1n) is 5.26. The Morgan fingerprint density at radius 1 is 1.24 bits per heavy atom. The summed E-state index contributed by atoms with van der Waals surface area (Å²) in [6.45, 7) is 0. The number of hydrogen-bond donors (Lipinski definition) is 1. The largest absolute Gasteiger partial charge is 0.363 e. The van der Waals surface area contributed by atoms with Crippen molar-refractivity contribution < 1.29 is 0 Å². The lowest BCUT2D eigenvalue weighted by molar-refractivity contribution is 1.07. The zero-order valence-corrected chi connectivity index (χ0v) is 10.3. The number of nitrogens with zero attached hydrogens (tertiary/aromatic N) is 3. The van der Waals surface area contributed by atoms with Crippen LogP contribution >= 0.6 is 11.6 Å². The third-order valence-corrected chi connectivity index (χ3v) is 2.96. The average molecular weight is 247 g/mol. The fourth-order valence-electron chi connectivity index (χ4n) is 1.88. The van der Waals surface area contributed by atoms with Gasteiger partial charge < -0.3 is 9.88 Å². The summed E-state index contributed by atoms with van der Waals surface area (Å²) in [6.07, 6.45) is 1.86. The lowest BCUT2D eigenvalue weighted by Gasteiger charge is -2.10. The van der Waals surface area contributed by atoms with Gasteiger partial charge in [-0.1, -0.05) is 11.6 Å². The minimum Gasteiger partial charge on any atom is -0.363 e. The second-order valence-corrected chi connectivity index (χ2v) is 4.52. The van der Waals surface area contributed by atoms with Crippen LogP contribution in [0.3, 0.4) is 0 Å². The van der Waals surface area contributed by atoms with Crippen molar-refractivity contribution in [3.8, 4) is 0 Å². The number of aromatic nitrogens is 3. The highest BCUT2D eigenvalue weighted by molar-refractivity contribution is 6.30. The summed E-state index contributed by atoms with van der Waals surface area (Å²) >= 11 is 5.87. The van der Waals surface area contributed by atoms with Gasteiger partial charge in [0.1, 0.15) is 16.6 Å². The predicted octanol–water partition coefficient (Wildman–Crippen LogP) is 2.83. The number of aromatic amines is 1. The van der Waals surface area contributed by atoms with Crippen molar-refractivity contribution in [2.75, 3.05) is 19.0 Å². The summed E-state index contributed by atoms with van der Waals surface area (Å²) in [5.41, 5.74) is 1.82. The fourth-order valence-corrected chi connectivity index (χ4v) is 2.03. The maximum atomic E-state index is 5.87. The molecule has 0 spiro atoms. The molecule has 3 aromatic heterocycles. The molecule has 1 N–H and O–H groups in total. The maximum Gasteiger partial charge on any atom is 0.140 e. The highest BCUT2D eigenvalue weighted by atomic mass is 35.5. The summed E-state index contributed by atoms with van der Waals surface area (Å²) in [6, 6.07) is 5.75. The van der Waals surface area contributed by atoms with Gasteiger partial charge in [-0.05, 0) is 12.1 Å². The Hall–Kier alpha value is -1.81. The van der Waals surface area contributed by atoms with E-state index in [0.29, 0.717) is 5.15 Å². The van der Waals surface area contributed by atoms with E-state index in [1.165, 1.54) is 0 Å². The zero-order chi connectivity index (χ0) is 12.0. The van der Waals surface area contributed by atoms with E-state index < -0.39 is 0 Å². The lowest BCUT2D eigenvalue weighted by atomic mass is 10.2. The SMILES string of the molecule is CN(C)c1cc2[nH]c3nc(Cl)ccc3c2cn1. The predicted molar refractivity (Wildman–Crippen MR) is 70.7 cm³/mol. The molecule has 0 aliphatic rings. The van der Waals surface area contributed by atoms with Gasteiger partial charge in [0.25, 0.3) is 0 Å². The van der Waals surface area contributed by atoms with Crippen molar-refractivity contribution in [3.63, 3.8) is 0 Å². The molecule has 0 aliphatic heterocycles. The van der Waals surface area contributed by atoms with E-state index in [0.717, 1.165) is 27.8 Å². The molecular formula is C12H11ClN4. The van der Waals surface area contributed by atoms with Crippen LogP contribution in [0, 0.1) is 0 Å². The standard InChI is InChI=1S/C12H11ClN4/c1-17(2)11-5-9-8(6-14-11)7-3-4-10(13)16-12(7)15-9/h3-6H,1-2H3,(H,15,16). The highest BCUT2D eigenvalue weighted by Gasteiger charge is 2.07. The van der Waals surface area contributed by atoms with E-state index in [-0.39, 0.29) is 0 Å². The molecule has 0 atom stereocenters. The van der Waals surface area contributed by atoms with Crippen LogP contribution in [-0.2, 0) is 0 Å². The van der Waals surface area contributed by atoms with Gasteiger partial charge in [0.05, 0.1) is 5.52 Å². The number of pyridine rings is 2. The molecule has 17 heavy (non-hydrogen) atoms. The highest BCUT2D eigenvalue weighted by Crippen LogP contribution is 2.26. The summed E-state index contributed by atoms with van der Waals surface area (Å²) in [4.78, 5) is 13.9. The van der Waals surface area contributed by atoms with Crippen molar-refractivity contribution in [2.24, 2.45) is 0 Å². The molecule has 0 aliphatic carbocycles. The van der Waals surface area contributed by atoms with Gasteiger partial charge in [-0.3, -0.25) is 0 Å². The van der Waals surface area contributed by atoms with Crippen LogP contribution in [0.4, 0.5) is 5.82 Å². The number of halogens is 1. The van der Waals surface area contributed by atoms with E-state index in [9.17, 15) is 0 Å². The Kier molecular flexibility index (Phi) is 2.19. The number of hydrogen-bond acceptors (Lipinski definition) is 3. The van der Waals surface area contributed by atoms with Gasteiger partial charge in [0.2, 0.25) is 0 Å². The van der Waals surface area contributed by atoms with Crippen molar-refractivity contribution in [3.05, 3.63) is 29.5 Å². The summed E-state index contributed by atoms with van der Waals surface area (Å²) < 4.78 is 0. The van der Waals surface area contributed by atoms with Crippen molar-refractivity contribution in [1.82, 2.24) is 15.0 Å². The average Bonchev–Trinajstić information content (AvgIpc) is 2.64. The zero-order valence-electron chi connectivity index (χ0n) is 9.53. The first kappa shape index (κ1) is 10.4. The molecule has 0 saturated heterocycles. The third-order valence-electron chi connectivity index (χ3n) is 2.75. The molecular weight excluding hydrogens is 236 g/mol. The molecule has 0 fully saturated rings. The molecule has 86 valence electrons. The van der Waals surface area contributed by atoms with Crippen LogP contribution < -0.4 is 4.90 Å². The van der Waals surface area contributed by atoms with Gasteiger partial charge in [0.15, 0.2) is 0 Å². The Morgan fingerprint density at radius 3 is 2.82 bits per heavy atom. The molecule has 3 rings (SSSR count). The van der Waals surface area contributed by atoms with E-state index >= 15 is 0 Å². The Bertz CT molecular complexity index is 702. The van der Waals surface area contributed by atoms with E-state index in [1.807, 2.05) is 37.3 Å². The van der Waals surface area contributed by atoms with Crippen molar-refractivity contribution >= 4 is 39.4 Å². The molecule has 3 heterocycles.